The number of hydrogen-bond acceptors (Lipinski definition) is 4. The fourth-order valence-electron chi connectivity index (χ4n) is 2.17. The van der Waals surface area contributed by atoms with Gasteiger partial charge in [0.05, 0.1) is 18.4 Å². The Morgan fingerprint density at radius 3 is 2.58 bits per heavy atom. The second-order valence-electron chi connectivity index (χ2n) is 4.61. The summed E-state index contributed by atoms with van der Waals surface area (Å²) in [5.74, 6) is -3.12. The highest BCUT2D eigenvalue weighted by atomic mass is 19.3. The summed E-state index contributed by atoms with van der Waals surface area (Å²) in [6, 6.07) is 4.77. The van der Waals surface area contributed by atoms with Crippen molar-refractivity contribution in [3.05, 3.63) is 23.8 Å². The molecule has 0 atom stereocenters. The number of ether oxygens (including phenoxy) is 1. The van der Waals surface area contributed by atoms with Crippen molar-refractivity contribution in [3.8, 4) is 0 Å². The predicted octanol–water partition coefficient (Wildman–Crippen LogP) is 2.29. The number of benzene rings is 1. The number of carbonyl (C=O) groups is 1. The Hall–Kier alpha value is -1.85. The van der Waals surface area contributed by atoms with Crippen molar-refractivity contribution in [1.29, 1.82) is 0 Å². The Morgan fingerprint density at radius 2 is 2.00 bits per heavy atom. The maximum atomic E-state index is 13.2. The highest BCUT2D eigenvalue weighted by Gasteiger charge is 2.35. The van der Waals surface area contributed by atoms with Gasteiger partial charge in [0.1, 0.15) is 0 Å². The van der Waals surface area contributed by atoms with Crippen LogP contribution in [0.25, 0.3) is 0 Å². The van der Waals surface area contributed by atoms with E-state index in [1.165, 1.54) is 7.11 Å². The fourth-order valence-corrected chi connectivity index (χ4v) is 2.17. The van der Waals surface area contributed by atoms with Crippen LogP contribution in [0, 0.1) is 0 Å². The van der Waals surface area contributed by atoms with E-state index in [4.69, 9.17) is 10.5 Å². The number of nitrogens with two attached hydrogens (primary N) is 1. The quantitative estimate of drug-likeness (QED) is 0.661. The van der Waals surface area contributed by atoms with E-state index in [-0.39, 0.29) is 25.9 Å². The topological polar surface area (TPSA) is 55.6 Å². The number of halogens is 2. The van der Waals surface area contributed by atoms with Crippen molar-refractivity contribution in [2.75, 3.05) is 30.8 Å². The van der Waals surface area contributed by atoms with E-state index in [1.807, 2.05) is 0 Å². The lowest BCUT2D eigenvalue weighted by atomic mass is 10.0. The van der Waals surface area contributed by atoms with Crippen molar-refractivity contribution in [1.82, 2.24) is 0 Å². The molecule has 1 fully saturated rings. The zero-order valence-corrected chi connectivity index (χ0v) is 10.7. The first kappa shape index (κ1) is 13.6. The molecule has 1 aromatic carbocycles. The Labute approximate surface area is 110 Å². The molecule has 0 amide bonds. The van der Waals surface area contributed by atoms with Crippen LogP contribution in [-0.4, -0.2) is 32.1 Å². The summed E-state index contributed by atoms with van der Waals surface area (Å²) >= 11 is 0. The molecule has 1 aliphatic heterocycles. The number of rotatable bonds is 2. The molecule has 0 unspecified atom stereocenters. The lowest BCUT2D eigenvalue weighted by Crippen LogP contribution is -2.40. The number of anilines is 2. The smallest absolute Gasteiger partial charge is 0.339 e. The first-order valence-electron chi connectivity index (χ1n) is 6.03. The van der Waals surface area contributed by atoms with Crippen molar-refractivity contribution >= 4 is 17.3 Å². The van der Waals surface area contributed by atoms with Gasteiger partial charge >= 0.3 is 5.97 Å². The number of carbonyl (C=O) groups excluding carboxylic acids is 1. The molecule has 104 valence electrons. The molecule has 2 rings (SSSR count). The number of piperidine rings is 1. The summed E-state index contributed by atoms with van der Waals surface area (Å²) < 4.78 is 31.0. The van der Waals surface area contributed by atoms with Gasteiger partial charge in [-0.1, -0.05) is 0 Å². The summed E-state index contributed by atoms with van der Waals surface area (Å²) in [4.78, 5) is 13.4. The molecule has 6 heteroatoms. The molecule has 1 heterocycles. The summed E-state index contributed by atoms with van der Waals surface area (Å²) in [7, 11) is 1.28. The Kier molecular flexibility index (Phi) is 3.59. The van der Waals surface area contributed by atoms with Gasteiger partial charge < -0.3 is 15.4 Å². The van der Waals surface area contributed by atoms with E-state index < -0.39 is 11.9 Å². The first-order valence-corrected chi connectivity index (χ1v) is 6.03. The van der Waals surface area contributed by atoms with Gasteiger partial charge in [-0.3, -0.25) is 0 Å². The molecule has 1 aromatic rings. The number of methoxy groups -OCH3 is 1. The molecular formula is C13H16F2N2O2. The molecule has 0 spiro atoms. The maximum Gasteiger partial charge on any atom is 0.339 e. The second kappa shape index (κ2) is 5.03. The van der Waals surface area contributed by atoms with E-state index >= 15 is 0 Å². The minimum absolute atomic E-state index is 0.195. The van der Waals surface area contributed by atoms with Crippen LogP contribution in [0.4, 0.5) is 20.2 Å². The van der Waals surface area contributed by atoms with E-state index in [0.717, 1.165) is 0 Å². The molecule has 0 bridgehead atoms. The van der Waals surface area contributed by atoms with Gasteiger partial charge in [0.2, 0.25) is 0 Å². The van der Waals surface area contributed by atoms with Crippen LogP contribution < -0.4 is 10.6 Å². The van der Waals surface area contributed by atoms with Crippen LogP contribution in [0.3, 0.4) is 0 Å². The Balaban J connectivity index is 2.28. The van der Waals surface area contributed by atoms with Crippen LogP contribution in [0.15, 0.2) is 18.2 Å². The molecular weight excluding hydrogens is 254 g/mol. The van der Waals surface area contributed by atoms with Gasteiger partial charge in [-0.15, -0.1) is 0 Å². The normalized spacial score (nSPS) is 18.2. The third-order valence-corrected chi connectivity index (χ3v) is 3.26. The van der Waals surface area contributed by atoms with E-state index in [0.29, 0.717) is 16.9 Å². The maximum absolute atomic E-state index is 13.2. The molecule has 1 aliphatic rings. The van der Waals surface area contributed by atoms with Gasteiger partial charge in [0.25, 0.3) is 5.92 Å². The molecule has 0 saturated carbocycles. The molecule has 0 radical (unpaired) electrons. The highest BCUT2D eigenvalue weighted by Crippen LogP contribution is 2.33. The van der Waals surface area contributed by atoms with Crippen molar-refractivity contribution < 1.29 is 18.3 Å². The monoisotopic (exact) mass is 270 g/mol. The molecule has 0 aromatic heterocycles. The van der Waals surface area contributed by atoms with Crippen LogP contribution in [0.5, 0.6) is 0 Å². The third-order valence-electron chi connectivity index (χ3n) is 3.26. The van der Waals surface area contributed by atoms with Gasteiger partial charge in [-0.2, -0.15) is 0 Å². The van der Waals surface area contributed by atoms with Gasteiger partial charge in [0, 0.05) is 31.6 Å². The van der Waals surface area contributed by atoms with E-state index in [1.54, 1.807) is 23.1 Å². The van der Waals surface area contributed by atoms with Crippen LogP contribution >= 0.6 is 0 Å². The summed E-state index contributed by atoms with van der Waals surface area (Å²) in [5, 5.41) is 0. The molecule has 0 aliphatic carbocycles. The van der Waals surface area contributed by atoms with Crippen LogP contribution in [0.1, 0.15) is 23.2 Å². The number of esters is 1. The largest absolute Gasteiger partial charge is 0.465 e. The number of nitrogens with zero attached hydrogens (tertiary/aromatic N) is 1. The van der Waals surface area contributed by atoms with Crippen molar-refractivity contribution in [2.24, 2.45) is 0 Å². The molecule has 1 saturated heterocycles. The standard InChI is InChI=1S/C13H16F2N2O2/c1-19-12(18)10-3-2-9(16)8-11(10)17-6-4-13(14,15)5-7-17/h2-3,8H,4-7,16H2,1H3. The predicted molar refractivity (Wildman–Crippen MR) is 68.6 cm³/mol. The number of nitrogen functional groups attached to an aromatic ring is 1. The van der Waals surface area contributed by atoms with E-state index in [9.17, 15) is 13.6 Å². The average Bonchev–Trinajstić information content (AvgIpc) is 2.38. The lowest BCUT2D eigenvalue weighted by Gasteiger charge is -2.34. The summed E-state index contributed by atoms with van der Waals surface area (Å²) in [6.07, 6.45) is -0.440. The summed E-state index contributed by atoms with van der Waals surface area (Å²) in [5.41, 5.74) is 7.09. The van der Waals surface area contributed by atoms with Crippen LogP contribution in [-0.2, 0) is 4.74 Å². The van der Waals surface area contributed by atoms with Gasteiger partial charge in [0.15, 0.2) is 0 Å². The second-order valence-corrected chi connectivity index (χ2v) is 4.61. The van der Waals surface area contributed by atoms with Crippen molar-refractivity contribution in [3.63, 3.8) is 0 Å². The summed E-state index contributed by atoms with van der Waals surface area (Å²) in [6.45, 7) is 0.390. The molecule has 19 heavy (non-hydrogen) atoms. The molecule has 2 N–H and O–H groups in total. The Morgan fingerprint density at radius 1 is 1.37 bits per heavy atom. The van der Waals surface area contributed by atoms with Crippen molar-refractivity contribution in [2.45, 2.75) is 18.8 Å². The van der Waals surface area contributed by atoms with Crippen LogP contribution in [0.2, 0.25) is 0 Å². The SMILES string of the molecule is COC(=O)c1ccc(N)cc1N1CCC(F)(F)CC1. The first-order chi connectivity index (χ1) is 8.93. The number of hydrogen-bond donors (Lipinski definition) is 1. The lowest BCUT2D eigenvalue weighted by molar-refractivity contribution is -0.0220. The average molecular weight is 270 g/mol. The molecule has 4 nitrogen and oxygen atoms in total. The third kappa shape index (κ3) is 2.94. The zero-order valence-electron chi connectivity index (χ0n) is 10.7. The minimum Gasteiger partial charge on any atom is -0.465 e. The van der Waals surface area contributed by atoms with E-state index in [2.05, 4.69) is 0 Å². The zero-order chi connectivity index (χ0) is 14.0. The number of alkyl halides is 2. The Bertz CT molecular complexity index is 482. The minimum atomic E-state index is -2.62. The fraction of sp³-hybridized carbons (Fsp3) is 0.462. The van der Waals surface area contributed by atoms with Gasteiger partial charge in [-0.05, 0) is 18.2 Å². The van der Waals surface area contributed by atoms with Gasteiger partial charge in [-0.25, -0.2) is 13.6 Å². The highest BCUT2D eigenvalue weighted by molar-refractivity contribution is 5.96.